The van der Waals surface area contributed by atoms with Gasteiger partial charge in [-0.05, 0) is 37.5 Å². The van der Waals surface area contributed by atoms with Crippen LogP contribution >= 0.6 is 11.6 Å². The van der Waals surface area contributed by atoms with Crippen LogP contribution in [0.15, 0.2) is 18.2 Å². The second-order valence-corrected chi connectivity index (χ2v) is 6.60. The molecule has 1 aromatic carbocycles. The van der Waals surface area contributed by atoms with Crippen molar-refractivity contribution in [2.75, 3.05) is 31.1 Å². The minimum Gasteiger partial charge on any atom is -0.390 e. The number of nitrogens with zero attached hydrogens (tertiary/aromatic N) is 1. The number of hydrogen-bond donors (Lipinski definition) is 3. The number of hydrogen-bond acceptors (Lipinski definition) is 4. The average Bonchev–Trinajstić information content (AvgIpc) is 2.88. The number of nitrogens with one attached hydrogen (secondary N) is 2. The number of halogens is 1. The first-order chi connectivity index (χ1) is 10.1. The highest BCUT2D eigenvalue weighted by atomic mass is 35.5. The van der Waals surface area contributed by atoms with Crippen molar-refractivity contribution < 1.29 is 5.11 Å². The molecule has 0 saturated carbocycles. The van der Waals surface area contributed by atoms with E-state index in [1.807, 2.05) is 6.92 Å². The lowest BCUT2D eigenvalue weighted by atomic mass is 10.0. The van der Waals surface area contributed by atoms with E-state index in [0.29, 0.717) is 12.6 Å². The minimum absolute atomic E-state index is 0.204. The number of benzene rings is 1. The fourth-order valence-electron chi connectivity index (χ4n) is 3.22. The van der Waals surface area contributed by atoms with Crippen LogP contribution in [0.1, 0.15) is 18.4 Å². The van der Waals surface area contributed by atoms with Crippen LogP contribution in [0, 0.1) is 6.92 Å². The Hall–Kier alpha value is -0.810. The normalized spacial score (nSPS) is 27.3. The lowest BCUT2D eigenvalue weighted by Gasteiger charge is -2.35. The van der Waals surface area contributed by atoms with Gasteiger partial charge in [0.05, 0.1) is 6.10 Å². The van der Waals surface area contributed by atoms with Crippen molar-refractivity contribution in [1.82, 2.24) is 10.6 Å². The topological polar surface area (TPSA) is 47.5 Å². The van der Waals surface area contributed by atoms with Gasteiger partial charge in [-0.1, -0.05) is 17.7 Å². The van der Waals surface area contributed by atoms with Gasteiger partial charge in [0, 0.05) is 49.0 Å². The molecule has 2 atom stereocenters. The maximum atomic E-state index is 9.86. The van der Waals surface area contributed by atoms with Gasteiger partial charge in [0.1, 0.15) is 0 Å². The van der Waals surface area contributed by atoms with E-state index in [2.05, 4.69) is 33.7 Å². The maximum Gasteiger partial charge on any atom is 0.0829 e. The van der Waals surface area contributed by atoms with E-state index in [9.17, 15) is 5.11 Å². The molecule has 0 radical (unpaired) electrons. The molecule has 1 aromatic rings. The molecule has 2 heterocycles. The predicted octanol–water partition coefficient (Wildman–Crippen LogP) is 1.54. The van der Waals surface area contributed by atoms with E-state index >= 15 is 0 Å². The van der Waals surface area contributed by atoms with Crippen molar-refractivity contribution in [1.29, 1.82) is 0 Å². The highest BCUT2D eigenvalue weighted by Gasteiger charge is 2.28. The smallest absolute Gasteiger partial charge is 0.0829 e. The Morgan fingerprint density at radius 3 is 2.67 bits per heavy atom. The standard InChI is InChI=1S/C16H24ClN3O/c1-11-2-3-13(8-14(11)17)20-6-4-12(5-7-20)19-15-9-18-10-16(15)21/h2-3,8,12,15-16,18-19,21H,4-7,9-10H2,1H3/t15-,16-/m1/s1. The van der Waals surface area contributed by atoms with E-state index in [0.717, 1.165) is 43.1 Å². The third kappa shape index (κ3) is 3.51. The molecule has 0 unspecified atom stereocenters. The summed E-state index contributed by atoms with van der Waals surface area (Å²) in [5.41, 5.74) is 2.34. The molecule has 3 N–H and O–H groups in total. The van der Waals surface area contributed by atoms with E-state index in [-0.39, 0.29) is 12.1 Å². The molecule has 2 saturated heterocycles. The molecule has 0 spiro atoms. The van der Waals surface area contributed by atoms with Crippen LogP contribution in [0.5, 0.6) is 0 Å². The number of aryl methyl sites for hydroxylation is 1. The number of aliphatic hydroxyl groups is 1. The molecule has 0 amide bonds. The molecule has 4 nitrogen and oxygen atoms in total. The van der Waals surface area contributed by atoms with Crippen molar-refractivity contribution in [3.05, 3.63) is 28.8 Å². The maximum absolute atomic E-state index is 9.86. The zero-order valence-electron chi connectivity index (χ0n) is 12.5. The predicted molar refractivity (Wildman–Crippen MR) is 87.2 cm³/mol. The van der Waals surface area contributed by atoms with Crippen molar-refractivity contribution in [2.45, 2.75) is 38.0 Å². The van der Waals surface area contributed by atoms with Gasteiger partial charge in [-0.2, -0.15) is 0 Å². The van der Waals surface area contributed by atoms with Gasteiger partial charge in [-0.25, -0.2) is 0 Å². The van der Waals surface area contributed by atoms with Crippen molar-refractivity contribution in [3.63, 3.8) is 0 Å². The third-order valence-electron chi connectivity index (χ3n) is 4.65. The fourth-order valence-corrected chi connectivity index (χ4v) is 3.40. The summed E-state index contributed by atoms with van der Waals surface area (Å²) in [6, 6.07) is 7.01. The second-order valence-electron chi connectivity index (χ2n) is 6.19. The Bertz CT molecular complexity index is 488. The Morgan fingerprint density at radius 1 is 1.29 bits per heavy atom. The summed E-state index contributed by atoms with van der Waals surface area (Å²) in [6.07, 6.45) is 1.96. The van der Waals surface area contributed by atoms with Gasteiger partial charge >= 0.3 is 0 Å². The van der Waals surface area contributed by atoms with Gasteiger partial charge in [-0.15, -0.1) is 0 Å². The number of β-amino-alcohol motifs (C(OH)–C–C–N with tert-alkyl or cyclic N) is 1. The van der Waals surface area contributed by atoms with Gasteiger partial charge in [0.25, 0.3) is 0 Å². The number of rotatable bonds is 3. The van der Waals surface area contributed by atoms with Crippen LogP contribution in [0.2, 0.25) is 5.02 Å². The van der Waals surface area contributed by atoms with Crippen LogP contribution in [0.4, 0.5) is 5.69 Å². The molecular weight excluding hydrogens is 286 g/mol. The fraction of sp³-hybridized carbons (Fsp3) is 0.625. The third-order valence-corrected chi connectivity index (χ3v) is 5.05. The molecule has 21 heavy (non-hydrogen) atoms. The summed E-state index contributed by atoms with van der Waals surface area (Å²) < 4.78 is 0. The quantitative estimate of drug-likeness (QED) is 0.793. The Labute approximate surface area is 131 Å². The summed E-state index contributed by atoms with van der Waals surface area (Å²) in [4.78, 5) is 2.40. The summed E-state index contributed by atoms with van der Waals surface area (Å²) in [7, 11) is 0. The largest absolute Gasteiger partial charge is 0.390 e. The molecule has 2 aliphatic heterocycles. The van der Waals surface area contributed by atoms with Crippen LogP contribution in [0.25, 0.3) is 0 Å². The zero-order chi connectivity index (χ0) is 14.8. The van der Waals surface area contributed by atoms with E-state index in [1.165, 1.54) is 5.69 Å². The second kappa shape index (κ2) is 6.53. The Kier molecular flexibility index (Phi) is 4.69. The summed E-state index contributed by atoms with van der Waals surface area (Å²) >= 11 is 6.22. The monoisotopic (exact) mass is 309 g/mol. The first-order valence-corrected chi connectivity index (χ1v) is 8.17. The highest BCUT2D eigenvalue weighted by Crippen LogP contribution is 2.25. The van der Waals surface area contributed by atoms with Crippen molar-refractivity contribution in [2.24, 2.45) is 0 Å². The molecule has 2 aliphatic rings. The van der Waals surface area contributed by atoms with Gasteiger partial charge < -0.3 is 20.6 Å². The van der Waals surface area contributed by atoms with Gasteiger partial charge in [0.2, 0.25) is 0 Å². The van der Waals surface area contributed by atoms with Gasteiger partial charge in [0.15, 0.2) is 0 Å². The van der Waals surface area contributed by atoms with Crippen LogP contribution in [-0.2, 0) is 0 Å². The minimum atomic E-state index is -0.251. The van der Waals surface area contributed by atoms with Gasteiger partial charge in [-0.3, -0.25) is 0 Å². The summed E-state index contributed by atoms with van der Waals surface area (Å²) in [6.45, 7) is 5.68. The molecule has 3 rings (SSSR count). The number of aliphatic hydroxyl groups excluding tert-OH is 1. The molecule has 0 aromatic heterocycles. The summed E-state index contributed by atoms with van der Waals surface area (Å²) in [5.74, 6) is 0. The van der Waals surface area contributed by atoms with E-state index in [4.69, 9.17) is 11.6 Å². The number of anilines is 1. The van der Waals surface area contributed by atoms with Crippen LogP contribution in [0.3, 0.4) is 0 Å². The SMILES string of the molecule is Cc1ccc(N2CCC(N[C@@H]3CNC[C@H]3O)CC2)cc1Cl. The van der Waals surface area contributed by atoms with Crippen molar-refractivity contribution in [3.8, 4) is 0 Å². The first kappa shape index (κ1) is 15.1. The Balaban J connectivity index is 1.53. The molecule has 2 fully saturated rings. The molecule has 0 bridgehead atoms. The Morgan fingerprint density at radius 2 is 2.05 bits per heavy atom. The zero-order valence-corrected chi connectivity index (χ0v) is 13.2. The van der Waals surface area contributed by atoms with Crippen molar-refractivity contribution >= 4 is 17.3 Å². The molecule has 5 heteroatoms. The van der Waals surface area contributed by atoms with E-state index < -0.39 is 0 Å². The lowest BCUT2D eigenvalue weighted by molar-refractivity contribution is 0.153. The van der Waals surface area contributed by atoms with Crippen LogP contribution in [-0.4, -0.2) is 49.5 Å². The highest BCUT2D eigenvalue weighted by molar-refractivity contribution is 6.31. The van der Waals surface area contributed by atoms with E-state index in [1.54, 1.807) is 0 Å². The van der Waals surface area contributed by atoms with Crippen LogP contribution < -0.4 is 15.5 Å². The number of piperidine rings is 1. The molecule has 116 valence electrons. The molecular formula is C16H24ClN3O. The average molecular weight is 310 g/mol. The lowest BCUT2D eigenvalue weighted by Crippen LogP contribution is -2.50. The first-order valence-electron chi connectivity index (χ1n) is 7.79. The molecule has 0 aliphatic carbocycles. The summed E-state index contributed by atoms with van der Waals surface area (Å²) in [5, 5.41) is 17.5.